The van der Waals surface area contributed by atoms with Gasteiger partial charge >= 0.3 is 6.09 Å². The molecule has 0 aliphatic carbocycles. The highest BCUT2D eigenvalue weighted by Gasteiger charge is 2.26. The molecule has 8 heteroatoms. The lowest BCUT2D eigenvalue weighted by atomic mass is 9.93. The Labute approximate surface area is 154 Å². The summed E-state index contributed by atoms with van der Waals surface area (Å²) in [6, 6.07) is 10.8. The number of carboxylic acid groups (broad SMARTS) is 1. The second-order valence-electron chi connectivity index (χ2n) is 6.61. The largest absolute Gasteiger partial charge is 0.465 e. The predicted octanol–water partition coefficient (Wildman–Crippen LogP) is 2.42. The maximum Gasteiger partial charge on any atom is 0.407 e. The van der Waals surface area contributed by atoms with Crippen molar-refractivity contribution in [1.29, 1.82) is 5.26 Å². The normalized spacial score (nSPS) is 15.0. The molecule has 2 aromatic heterocycles. The van der Waals surface area contributed by atoms with Crippen LogP contribution in [0, 0.1) is 11.3 Å². The Balaban J connectivity index is 1.76. The summed E-state index contributed by atoms with van der Waals surface area (Å²) < 4.78 is 1.72. The summed E-state index contributed by atoms with van der Waals surface area (Å²) in [7, 11) is 0. The number of aromatic nitrogens is 3. The molecule has 136 valence electrons. The van der Waals surface area contributed by atoms with Crippen LogP contribution in [0.15, 0.2) is 41.3 Å². The third-order valence-electron chi connectivity index (χ3n) is 5.02. The average Bonchev–Trinajstić information content (AvgIpc) is 3.11. The highest BCUT2D eigenvalue weighted by molar-refractivity contribution is 5.77. The summed E-state index contributed by atoms with van der Waals surface area (Å²) in [5, 5.41) is 22.7. The smallest absolute Gasteiger partial charge is 0.407 e. The minimum atomic E-state index is -0.914. The minimum absolute atomic E-state index is 0.0589. The highest BCUT2D eigenvalue weighted by Crippen LogP contribution is 2.30. The topological polar surface area (TPSA) is 114 Å². The van der Waals surface area contributed by atoms with Gasteiger partial charge in [0.15, 0.2) is 0 Å². The first kappa shape index (κ1) is 16.8. The molecule has 0 radical (unpaired) electrons. The maximum atomic E-state index is 12.3. The summed E-state index contributed by atoms with van der Waals surface area (Å²) in [6.45, 7) is 0.874. The third kappa shape index (κ3) is 3.04. The Kier molecular flexibility index (Phi) is 4.12. The van der Waals surface area contributed by atoms with Gasteiger partial charge in [-0.2, -0.15) is 10.4 Å². The van der Waals surface area contributed by atoms with E-state index < -0.39 is 6.09 Å². The molecule has 1 aliphatic heterocycles. The fourth-order valence-electron chi connectivity index (χ4n) is 3.64. The molecule has 2 N–H and O–H groups in total. The van der Waals surface area contributed by atoms with Gasteiger partial charge in [0, 0.05) is 30.6 Å². The van der Waals surface area contributed by atoms with Crippen molar-refractivity contribution in [2.75, 3.05) is 13.1 Å². The van der Waals surface area contributed by atoms with Crippen molar-refractivity contribution in [2.45, 2.75) is 18.8 Å². The lowest BCUT2D eigenvalue weighted by molar-refractivity contribution is 0.131. The van der Waals surface area contributed by atoms with Crippen molar-refractivity contribution in [2.24, 2.45) is 0 Å². The number of H-pyrrole nitrogens is 1. The van der Waals surface area contributed by atoms with Crippen LogP contribution in [-0.4, -0.2) is 43.8 Å². The summed E-state index contributed by atoms with van der Waals surface area (Å²) in [6.07, 6.45) is 2.05. The quantitative estimate of drug-likeness (QED) is 0.726. The zero-order chi connectivity index (χ0) is 19.0. The highest BCUT2D eigenvalue weighted by atomic mass is 16.4. The number of nitrogens with one attached hydrogen (secondary N) is 1. The van der Waals surface area contributed by atoms with Crippen LogP contribution in [-0.2, 0) is 0 Å². The van der Waals surface area contributed by atoms with Crippen LogP contribution >= 0.6 is 0 Å². The van der Waals surface area contributed by atoms with Crippen molar-refractivity contribution in [1.82, 2.24) is 19.5 Å². The summed E-state index contributed by atoms with van der Waals surface area (Å²) >= 11 is 0. The standard InChI is InChI=1S/C19H17N5O3/c20-10-12-2-1-3-14(8-12)15-11-21-24-16(9-17(25)22-18(15)24)13-4-6-23(7-5-13)19(26)27/h1-3,8-9,11,13H,4-7H2,(H,22,25)(H,26,27). The molecule has 3 heterocycles. The molecule has 27 heavy (non-hydrogen) atoms. The first-order valence-electron chi connectivity index (χ1n) is 8.66. The van der Waals surface area contributed by atoms with E-state index in [-0.39, 0.29) is 11.5 Å². The number of aromatic amines is 1. The number of amides is 1. The minimum Gasteiger partial charge on any atom is -0.465 e. The van der Waals surface area contributed by atoms with Gasteiger partial charge in [0.05, 0.1) is 23.5 Å². The summed E-state index contributed by atoms with van der Waals surface area (Å²) in [5.74, 6) is 0.0589. The monoisotopic (exact) mass is 363 g/mol. The number of nitrogens with zero attached hydrogens (tertiary/aromatic N) is 4. The van der Waals surface area contributed by atoms with Gasteiger partial charge in [0.1, 0.15) is 5.65 Å². The lowest BCUT2D eigenvalue weighted by Crippen LogP contribution is -2.37. The van der Waals surface area contributed by atoms with Crippen LogP contribution in [0.25, 0.3) is 16.8 Å². The van der Waals surface area contributed by atoms with Gasteiger partial charge in [-0.05, 0) is 30.5 Å². The Morgan fingerprint density at radius 2 is 2.07 bits per heavy atom. The van der Waals surface area contributed by atoms with Crippen molar-refractivity contribution in [3.05, 3.63) is 58.1 Å². The van der Waals surface area contributed by atoms with Crippen LogP contribution in [0.3, 0.4) is 0 Å². The van der Waals surface area contributed by atoms with E-state index in [9.17, 15) is 9.59 Å². The Morgan fingerprint density at radius 1 is 1.30 bits per heavy atom. The van der Waals surface area contributed by atoms with E-state index in [0.717, 1.165) is 16.8 Å². The number of fused-ring (bicyclic) bond motifs is 1. The number of rotatable bonds is 2. The van der Waals surface area contributed by atoms with Gasteiger partial charge in [0.2, 0.25) is 0 Å². The van der Waals surface area contributed by atoms with E-state index in [1.165, 1.54) is 11.0 Å². The summed E-state index contributed by atoms with van der Waals surface area (Å²) in [4.78, 5) is 27.6. The fourth-order valence-corrected chi connectivity index (χ4v) is 3.64. The lowest BCUT2D eigenvalue weighted by Gasteiger charge is -2.30. The van der Waals surface area contributed by atoms with Crippen LogP contribution in [0.2, 0.25) is 0 Å². The van der Waals surface area contributed by atoms with E-state index in [0.29, 0.717) is 37.1 Å². The average molecular weight is 363 g/mol. The van der Waals surface area contributed by atoms with Crippen LogP contribution in [0.1, 0.15) is 30.0 Å². The second kappa shape index (κ2) is 6.61. The van der Waals surface area contributed by atoms with Crippen molar-refractivity contribution >= 4 is 11.7 Å². The van der Waals surface area contributed by atoms with Crippen molar-refractivity contribution in [3.63, 3.8) is 0 Å². The van der Waals surface area contributed by atoms with Gasteiger partial charge in [0.25, 0.3) is 5.56 Å². The van der Waals surface area contributed by atoms with Crippen LogP contribution < -0.4 is 5.56 Å². The van der Waals surface area contributed by atoms with Gasteiger partial charge < -0.3 is 15.0 Å². The molecule has 0 spiro atoms. The molecular weight excluding hydrogens is 346 g/mol. The number of carbonyl (C=O) groups is 1. The van der Waals surface area contributed by atoms with E-state index >= 15 is 0 Å². The zero-order valence-corrected chi connectivity index (χ0v) is 14.4. The molecule has 4 rings (SSSR count). The van der Waals surface area contributed by atoms with Gasteiger partial charge in [-0.25, -0.2) is 9.31 Å². The third-order valence-corrected chi connectivity index (χ3v) is 5.02. The fraction of sp³-hybridized carbons (Fsp3) is 0.263. The van der Waals surface area contributed by atoms with E-state index in [1.807, 2.05) is 6.07 Å². The molecule has 3 aromatic rings. The van der Waals surface area contributed by atoms with Gasteiger partial charge in [-0.15, -0.1) is 0 Å². The molecule has 1 saturated heterocycles. The Bertz CT molecular complexity index is 1120. The Hall–Kier alpha value is -3.60. The molecule has 1 aliphatic rings. The molecule has 1 fully saturated rings. The molecule has 1 amide bonds. The first-order valence-corrected chi connectivity index (χ1v) is 8.66. The van der Waals surface area contributed by atoms with E-state index in [4.69, 9.17) is 10.4 Å². The number of nitriles is 1. The first-order chi connectivity index (χ1) is 13.1. The molecule has 0 unspecified atom stereocenters. The molecule has 0 bridgehead atoms. The van der Waals surface area contributed by atoms with Crippen molar-refractivity contribution in [3.8, 4) is 17.2 Å². The molecular formula is C19H17N5O3. The predicted molar refractivity (Wildman–Crippen MR) is 97.5 cm³/mol. The van der Waals surface area contributed by atoms with Gasteiger partial charge in [-0.1, -0.05) is 12.1 Å². The number of piperidine rings is 1. The van der Waals surface area contributed by atoms with Crippen LogP contribution in [0.4, 0.5) is 4.79 Å². The molecule has 0 saturated carbocycles. The number of hydrogen-bond donors (Lipinski definition) is 2. The number of likely N-dealkylation sites (tertiary alicyclic amines) is 1. The summed E-state index contributed by atoms with van der Waals surface area (Å²) in [5.41, 5.74) is 3.21. The van der Waals surface area contributed by atoms with Crippen molar-refractivity contribution < 1.29 is 9.90 Å². The number of benzene rings is 1. The maximum absolute atomic E-state index is 12.3. The molecule has 0 atom stereocenters. The SMILES string of the molecule is N#Cc1cccc(-c2cnn3c(C4CCN(C(=O)O)CC4)cc(=O)[nH]c23)c1. The zero-order valence-electron chi connectivity index (χ0n) is 14.4. The second-order valence-corrected chi connectivity index (χ2v) is 6.61. The Morgan fingerprint density at radius 3 is 2.78 bits per heavy atom. The molecule has 1 aromatic carbocycles. The van der Waals surface area contributed by atoms with Gasteiger partial charge in [-0.3, -0.25) is 4.79 Å². The van der Waals surface area contributed by atoms with E-state index in [2.05, 4.69) is 16.2 Å². The number of hydrogen-bond acceptors (Lipinski definition) is 4. The van der Waals surface area contributed by atoms with E-state index in [1.54, 1.807) is 28.9 Å². The van der Waals surface area contributed by atoms with Crippen LogP contribution in [0.5, 0.6) is 0 Å². The molecule has 8 nitrogen and oxygen atoms in total.